The first kappa shape index (κ1) is 6.81. The van der Waals surface area contributed by atoms with Gasteiger partial charge in [0.05, 0.1) is 0 Å². The Hall–Kier alpha value is -0.300. The highest BCUT2D eigenvalue weighted by Gasteiger charge is 2.26. The van der Waals surface area contributed by atoms with Crippen molar-refractivity contribution in [1.82, 2.24) is 0 Å². The van der Waals surface area contributed by atoms with Crippen LogP contribution in [0.3, 0.4) is 0 Å². The fourth-order valence-electron chi connectivity index (χ4n) is 1.48. The quantitative estimate of drug-likeness (QED) is 0.569. The SMILES string of the molecule is C=CC1CCC1CCN. The molecule has 52 valence electrons. The van der Waals surface area contributed by atoms with Crippen molar-refractivity contribution in [2.75, 3.05) is 6.54 Å². The minimum Gasteiger partial charge on any atom is -0.330 e. The van der Waals surface area contributed by atoms with E-state index in [-0.39, 0.29) is 0 Å². The largest absolute Gasteiger partial charge is 0.330 e. The molecule has 0 heterocycles. The molecule has 1 aliphatic rings. The van der Waals surface area contributed by atoms with Gasteiger partial charge in [0.2, 0.25) is 0 Å². The zero-order valence-electron chi connectivity index (χ0n) is 5.84. The van der Waals surface area contributed by atoms with Gasteiger partial charge >= 0.3 is 0 Å². The third kappa shape index (κ3) is 1.33. The lowest BCUT2D eigenvalue weighted by Gasteiger charge is -2.34. The van der Waals surface area contributed by atoms with E-state index in [9.17, 15) is 0 Å². The molecule has 1 saturated carbocycles. The normalized spacial score (nSPS) is 33.4. The summed E-state index contributed by atoms with van der Waals surface area (Å²) >= 11 is 0. The molecule has 2 N–H and O–H groups in total. The van der Waals surface area contributed by atoms with Crippen LogP contribution in [0.25, 0.3) is 0 Å². The molecule has 9 heavy (non-hydrogen) atoms. The van der Waals surface area contributed by atoms with Crippen LogP contribution in [0.1, 0.15) is 19.3 Å². The maximum atomic E-state index is 5.42. The van der Waals surface area contributed by atoms with Gasteiger partial charge in [-0.25, -0.2) is 0 Å². The van der Waals surface area contributed by atoms with Crippen molar-refractivity contribution in [1.29, 1.82) is 0 Å². The van der Waals surface area contributed by atoms with Crippen molar-refractivity contribution in [3.05, 3.63) is 12.7 Å². The lowest BCUT2D eigenvalue weighted by Crippen LogP contribution is -2.26. The van der Waals surface area contributed by atoms with Crippen LogP contribution in [-0.2, 0) is 0 Å². The molecule has 0 aliphatic heterocycles. The Morgan fingerprint density at radius 3 is 2.67 bits per heavy atom. The predicted octanol–water partition coefficient (Wildman–Crippen LogP) is 1.55. The molecule has 0 spiro atoms. The lowest BCUT2D eigenvalue weighted by atomic mass is 9.72. The van der Waals surface area contributed by atoms with Crippen LogP contribution < -0.4 is 5.73 Å². The standard InChI is InChI=1S/C8H15N/c1-2-7-3-4-8(7)5-6-9/h2,7-8H,1,3-6,9H2. The Kier molecular flexibility index (Phi) is 2.29. The summed E-state index contributed by atoms with van der Waals surface area (Å²) in [5.74, 6) is 1.65. The summed E-state index contributed by atoms with van der Waals surface area (Å²) in [4.78, 5) is 0. The van der Waals surface area contributed by atoms with E-state index in [1.165, 1.54) is 19.3 Å². The summed E-state index contributed by atoms with van der Waals surface area (Å²) in [6.45, 7) is 4.62. The van der Waals surface area contributed by atoms with Gasteiger partial charge in [0.1, 0.15) is 0 Å². The van der Waals surface area contributed by atoms with Gasteiger partial charge < -0.3 is 5.73 Å². The Morgan fingerprint density at radius 2 is 2.33 bits per heavy atom. The highest BCUT2D eigenvalue weighted by molar-refractivity contribution is 4.92. The van der Waals surface area contributed by atoms with Crippen LogP contribution in [0.2, 0.25) is 0 Å². The molecule has 1 rings (SSSR count). The van der Waals surface area contributed by atoms with Crippen molar-refractivity contribution in [2.45, 2.75) is 19.3 Å². The van der Waals surface area contributed by atoms with Gasteiger partial charge in [-0.2, -0.15) is 0 Å². The van der Waals surface area contributed by atoms with Crippen LogP contribution in [0.5, 0.6) is 0 Å². The van der Waals surface area contributed by atoms with E-state index in [2.05, 4.69) is 12.7 Å². The molecule has 0 amide bonds. The minimum atomic E-state index is 0.786. The van der Waals surface area contributed by atoms with Gasteiger partial charge in [-0.3, -0.25) is 0 Å². The summed E-state index contributed by atoms with van der Waals surface area (Å²) in [5, 5.41) is 0. The Bertz CT molecular complexity index is 98.7. The fraction of sp³-hybridized carbons (Fsp3) is 0.750. The summed E-state index contributed by atoms with van der Waals surface area (Å²) in [5.41, 5.74) is 5.42. The average molecular weight is 125 g/mol. The summed E-state index contributed by atoms with van der Waals surface area (Å²) in [6.07, 6.45) is 5.97. The smallest absolute Gasteiger partial charge is 0.00744 e. The van der Waals surface area contributed by atoms with Gasteiger partial charge in [0.15, 0.2) is 0 Å². The van der Waals surface area contributed by atoms with Gasteiger partial charge in [0.25, 0.3) is 0 Å². The number of hydrogen-bond donors (Lipinski definition) is 1. The summed E-state index contributed by atoms with van der Waals surface area (Å²) in [6, 6.07) is 0. The van der Waals surface area contributed by atoms with E-state index in [1.807, 2.05) is 0 Å². The molecule has 1 aliphatic carbocycles. The van der Waals surface area contributed by atoms with E-state index < -0.39 is 0 Å². The second-order valence-corrected chi connectivity index (χ2v) is 2.81. The molecule has 1 nitrogen and oxygen atoms in total. The molecule has 1 fully saturated rings. The molecule has 0 aromatic heterocycles. The first-order valence-corrected chi connectivity index (χ1v) is 3.71. The van der Waals surface area contributed by atoms with Crippen molar-refractivity contribution in [2.24, 2.45) is 17.6 Å². The van der Waals surface area contributed by atoms with Crippen molar-refractivity contribution >= 4 is 0 Å². The third-order valence-electron chi connectivity index (χ3n) is 2.32. The number of allylic oxidation sites excluding steroid dienone is 1. The molecular weight excluding hydrogens is 110 g/mol. The summed E-state index contributed by atoms with van der Waals surface area (Å²) < 4.78 is 0. The highest BCUT2D eigenvalue weighted by Crippen LogP contribution is 2.36. The van der Waals surface area contributed by atoms with Crippen molar-refractivity contribution in [3.8, 4) is 0 Å². The molecule has 0 aromatic carbocycles. The molecule has 2 unspecified atom stereocenters. The van der Waals surface area contributed by atoms with Crippen molar-refractivity contribution < 1.29 is 0 Å². The second kappa shape index (κ2) is 3.02. The van der Waals surface area contributed by atoms with E-state index in [0.717, 1.165) is 18.4 Å². The van der Waals surface area contributed by atoms with Gasteiger partial charge in [-0.05, 0) is 37.6 Å². The fourth-order valence-corrected chi connectivity index (χ4v) is 1.48. The third-order valence-corrected chi connectivity index (χ3v) is 2.32. The maximum absolute atomic E-state index is 5.42. The number of rotatable bonds is 3. The Balaban J connectivity index is 2.18. The van der Waals surface area contributed by atoms with E-state index in [0.29, 0.717) is 0 Å². The maximum Gasteiger partial charge on any atom is -0.00744 e. The van der Waals surface area contributed by atoms with Crippen LogP contribution in [0.15, 0.2) is 12.7 Å². The monoisotopic (exact) mass is 125 g/mol. The van der Waals surface area contributed by atoms with Crippen LogP contribution in [-0.4, -0.2) is 6.54 Å². The highest BCUT2D eigenvalue weighted by atomic mass is 14.5. The lowest BCUT2D eigenvalue weighted by molar-refractivity contribution is 0.216. The molecule has 2 atom stereocenters. The van der Waals surface area contributed by atoms with Crippen LogP contribution >= 0.6 is 0 Å². The average Bonchev–Trinajstić information content (AvgIpc) is 1.82. The Morgan fingerprint density at radius 1 is 1.56 bits per heavy atom. The predicted molar refractivity (Wildman–Crippen MR) is 40.1 cm³/mol. The Labute approximate surface area is 56.9 Å². The molecule has 1 heteroatoms. The first-order chi connectivity index (χ1) is 4.38. The van der Waals surface area contributed by atoms with E-state index in [4.69, 9.17) is 5.73 Å². The van der Waals surface area contributed by atoms with Crippen LogP contribution in [0, 0.1) is 11.8 Å². The number of nitrogens with two attached hydrogens (primary N) is 1. The van der Waals surface area contributed by atoms with E-state index in [1.54, 1.807) is 0 Å². The summed E-state index contributed by atoms with van der Waals surface area (Å²) in [7, 11) is 0. The van der Waals surface area contributed by atoms with E-state index >= 15 is 0 Å². The molecule has 0 bridgehead atoms. The second-order valence-electron chi connectivity index (χ2n) is 2.81. The van der Waals surface area contributed by atoms with Crippen LogP contribution in [0.4, 0.5) is 0 Å². The number of hydrogen-bond acceptors (Lipinski definition) is 1. The van der Waals surface area contributed by atoms with Crippen molar-refractivity contribution in [3.63, 3.8) is 0 Å². The molecule has 0 saturated heterocycles. The van der Waals surface area contributed by atoms with Gasteiger partial charge in [-0.1, -0.05) is 6.08 Å². The van der Waals surface area contributed by atoms with Gasteiger partial charge in [0, 0.05) is 0 Å². The van der Waals surface area contributed by atoms with Gasteiger partial charge in [-0.15, -0.1) is 6.58 Å². The molecule has 0 radical (unpaired) electrons. The molecule has 0 aromatic rings. The topological polar surface area (TPSA) is 26.0 Å². The zero-order chi connectivity index (χ0) is 6.69. The molecular formula is C8H15N. The zero-order valence-corrected chi connectivity index (χ0v) is 5.84. The first-order valence-electron chi connectivity index (χ1n) is 3.71. The minimum absolute atomic E-state index is 0.786.